The highest BCUT2D eigenvalue weighted by molar-refractivity contribution is 5.57. The Morgan fingerprint density at radius 2 is 2.12 bits per heavy atom. The topological polar surface area (TPSA) is 77.8 Å². The molecule has 0 aliphatic carbocycles. The lowest BCUT2D eigenvalue weighted by Crippen LogP contribution is -2.22. The van der Waals surface area contributed by atoms with E-state index >= 15 is 0 Å². The van der Waals surface area contributed by atoms with Gasteiger partial charge in [-0.15, -0.1) is 0 Å². The summed E-state index contributed by atoms with van der Waals surface area (Å²) in [6.07, 6.45) is 3.48. The van der Waals surface area contributed by atoms with Gasteiger partial charge in [-0.1, -0.05) is 12.1 Å². The summed E-state index contributed by atoms with van der Waals surface area (Å²) in [6, 6.07) is 1.90. The number of hydrogen-bond donors (Lipinski definition) is 1. The zero-order chi connectivity index (χ0) is 12.4. The van der Waals surface area contributed by atoms with Gasteiger partial charge >= 0.3 is 0 Å². The van der Waals surface area contributed by atoms with E-state index < -0.39 is 0 Å². The van der Waals surface area contributed by atoms with Gasteiger partial charge in [0.1, 0.15) is 0 Å². The molecule has 2 aromatic heterocycles. The van der Waals surface area contributed by atoms with Crippen LogP contribution in [-0.4, -0.2) is 21.2 Å². The third-order valence-electron chi connectivity index (χ3n) is 2.90. The van der Waals surface area contributed by atoms with Crippen molar-refractivity contribution in [1.29, 1.82) is 0 Å². The Bertz CT molecular complexity index is 507. The molecule has 0 aliphatic rings. The summed E-state index contributed by atoms with van der Waals surface area (Å²) >= 11 is 0. The highest BCUT2D eigenvalue weighted by Gasteiger charge is 2.19. The molecule has 0 radical (unpaired) electrons. The van der Waals surface area contributed by atoms with Crippen LogP contribution in [0.1, 0.15) is 31.2 Å². The van der Waals surface area contributed by atoms with Gasteiger partial charge in [0.2, 0.25) is 11.7 Å². The molecular weight excluding hydrogens is 216 g/mol. The van der Waals surface area contributed by atoms with Crippen molar-refractivity contribution in [1.82, 2.24) is 15.1 Å². The molecule has 0 saturated carbocycles. The maximum atomic E-state index is 5.81. The van der Waals surface area contributed by atoms with Crippen LogP contribution in [0.15, 0.2) is 23.0 Å². The first-order valence-electron chi connectivity index (χ1n) is 5.59. The Balaban J connectivity index is 2.34. The van der Waals surface area contributed by atoms with E-state index in [4.69, 9.17) is 10.3 Å². The van der Waals surface area contributed by atoms with Crippen LogP contribution in [0.3, 0.4) is 0 Å². The Morgan fingerprint density at radius 3 is 2.76 bits per heavy atom. The molecule has 0 aromatic carbocycles. The average molecular weight is 232 g/mol. The predicted molar refractivity (Wildman–Crippen MR) is 64.3 cm³/mol. The van der Waals surface area contributed by atoms with Crippen molar-refractivity contribution < 1.29 is 4.52 Å². The third kappa shape index (κ3) is 2.34. The summed E-state index contributed by atoms with van der Waals surface area (Å²) < 4.78 is 5.23. The Kier molecular flexibility index (Phi) is 3.19. The molecule has 0 aliphatic heterocycles. The van der Waals surface area contributed by atoms with Crippen LogP contribution in [-0.2, 0) is 0 Å². The first-order valence-corrected chi connectivity index (χ1v) is 5.59. The van der Waals surface area contributed by atoms with Crippen LogP contribution in [0.4, 0.5) is 0 Å². The molecule has 2 N–H and O–H groups in total. The lowest BCUT2D eigenvalue weighted by atomic mass is 10.1. The van der Waals surface area contributed by atoms with Crippen molar-refractivity contribution in [3.63, 3.8) is 0 Å². The van der Waals surface area contributed by atoms with Crippen LogP contribution in [0.25, 0.3) is 11.4 Å². The average Bonchev–Trinajstić information content (AvgIpc) is 2.77. The van der Waals surface area contributed by atoms with Gasteiger partial charge in [-0.25, -0.2) is 0 Å². The van der Waals surface area contributed by atoms with Gasteiger partial charge in [-0.2, -0.15) is 4.98 Å². The minimum absolute atomic E-state index is 0.0155. The fourth-order valence-corrected chi connectivity index (χ4v) is 1.45. The zero-order valence-corrected chi connectivity index (χ0v) is 10.2. The molecule has 2 aromatic rings. The number of rotatable bonds is 3. The smallest absolute Gasteiger partial charge is 0.231 e. The molecule has 90 valence electrons. The molecule has 0 bridgehead atoms. The SMILES string of the molecule is Cc1ccncc1-c1noc(C(C)C(C)N)n1. The van der Waals surface area contributed by atoms with E-state index in [0.29, 0.717) is 11.7 Å². The van der Waals surface area contributed by atoms with Gasteiger partial charge in [0.15, 0.2) is 0 Å². The van der Waals surface area contributed by atoms with E-state index in [0.717, 1.165) is 11.1 Å². The van der Waals surface area contributed by atoms with E-state index in [2.05, 4.69) is 15.1 Å². The highest BCUT2D eigenvalue weighted by atomic mass is 16.5. The first-order chi connectivity index (χ1) is 8.09. The zero-order valence-electron chi connectivity index (χ0n) is 10.2. The number of hydrogen-bond acceptors (Lipinski definition) is 5. The van der Waals surface area contributed by atoms with Gasteiger partial charge in [-0.3, -0.25) is 4.98 Å². The van der Waals surface area contributed by atoms with Crippen molar-refractivity contribution in [3.8, 4) is 11.4 Å². The molecule has 2 unspecified atom stereocenters. The van der Waals surface area contributed by atoms with E-state index in [1.54, 1.807) is 12.4 Å². The quantitative estimate of drug-likeness (QED) is 0.874. The fraction of sp³-hybridized carbons (Fsp3) is 0.417. The molecule has 0 spiro atoms. The van der Waals surface area contributed by atoms with Gasteiger partial charge in [-0.05, 0) is 25.5 Å². The van der Waals surface area contributed by atoms with Gasteiger partial charge in [0, 0.05) is 24.0 Å². The second kappa shape index (κ2) is 4.63. The maximum absolute atomic E-state index is 5.81. The molecule has 0 amide bonds. The standard InChI is InChI=1S/C12H16N4O/c1-7-4-5-14-6-10(7)11-15-12(17-16-11)8(2)9(3)13/h4-6,8-9H,13H2,1-3H3. The molecule has 5 heteroatoms. The van der Waals surface area contributed by atoms with E-state index in [9.17, 15) is 0 Å². The second-order valence-electron chi connectivity index (χ2n) is 4.29. The summed E-state index contributed by atoms with van der Waals surface area (Å²) in [5.74, 6) is 1.18. The molecule has 2 heterocycles. The van der Waals surface area contributed by atoms with E-state index in [-0.39, 0.29) is 12.0 Å². The minimum atomic E-state index is -0.0155. The van der Waals surface area contributed by atoms with Crippen LogP contribution in [0, 0.1) is 6.92 Å². The molecule has 17 heavy (non-hydrogen) atoms. The van der Waals surface area contributed by atoms with Gasteiger partial charge in [0.25, 0.3) is 0 Å². The van der Waals surface area contributed by atoms with E-state index in [1.807, 2.05) is 26.8 Å². The molecule has 2 rings (SSSR count). The third-order valence-corrected chi connectivity index (χ3v) is 2.90. The normalized spacial score (nSPS) is 14.6. The first kappa shape index (κ1) is 11.7. The molecule has 5 nitrogen and oxygen atoms in total. The lowest BCUT2D eigenvalue weighted by Gasteiger charge is -2.09. The number of nitrogens with zero attached hydrogens (tertiary/aromatic N) is 3. The number of nitrogens with two attached hydrogens (primary N) is 1. The van der Waals surface area contributed by atoms with Gasteiger partial charge in [0.05, 0.1) is 5.92 Å². The Labute approximate surface area is 100 Å². The van der Waals surface area contributed by atoms with Crippen molar-refractivity contribution in [2.45, 2.75) is 32.7 Å². The van der Waals surface area contributed by atoms with Crippen LogP contribution in [0.2, 0.25) is 0 Å². The summed E-state index contributed by atoms with van der Waals surface area (Å²) in [6.45, 7) is 5.88. The fourth-order valence-electron chi connectivity index (χ4n) is 1.45. The minimum Gasteiger partial charge on any atom is -0.339 e. The maximum Gasteiger partial charge on any atom is 0.231 e. The molecule has 0 fully saturated rings. The molecular formula is C12H16N4O. The predicted octanol–water partition coefficient (Wildman–Crippen LogP) is 1.89. The van der Waals surface area contributed by atoms with Crippen LogP contribution >= 0.6 is 0 Å². The van der Waals surface area contributed by atoms with Crippen molar-refractivity contribution in [3.05, 3.63) is 29.9 Å². The summed E-state index contributed by atoms with van der Waals surface area (Å²) in [7, 11) is 0. The second-order valence-corrected chi connectivity index (χ2v) is 4.29. The number of aromatic nitrogens is 3. The van der Waals surface area contributed by atoms with Crippen molar-refractivity contribution >= 4 is 0 Å². The molecule has 0 saturated heterocycles. The summed E-state index contributed by atoms with van der Waals surface area (Å²) in [5, 5.41) is 3.97. The Hall–Kier alpha value is -1.75. The number of pyridine rings is 1. The highest BCUT2D eigenvalue weighted by Crippen LogP contribution is 2.22. The Morgan fingerprint density at radius 1 is 1.35 bits per heavy atom. The van der Waals surface area contributed by atoms with E-state index in [1.165, 1.54) is 0 Å². The van der Waals surface area contributed by atoms with Crippen LogP contribution in [0.5, 0.6) is 0 Å². The van der Waals surface area contributed by atoms with Gasteiger partial charge < -0.3 is 10.3 Å². The van der Waals surface area contributed by atoms with Crippen LogP contribution < -0.4 is 5.73 Å². The molecule has 2 atom stereocenters. The summed E-state index contributed by atoms with van der Waals surface area (Å²) in [4.78, 5) is 8.43. The van der Waals surface area contributed by atoms with Crippen molar-refractivity contribution in [2.75, 3.05) is 0 Å². The number of aryl methyl sites for hydroxylation is 1. The monoisotopic (exact) mass is 232 g/mol. The van der Waals surface area contributed by atoms with Crippen molar-refractivity contribution in [2.24, 2.45) is 5.73 Å². The lowest BCUT2D eigenvalue weighted by molar-refractivity contribution is 0.346. The largest absolute Gasteiger partial charge is 0.339 e. The summed E-state index contributed by atoms with van der Waals surface area (Å²) in [5.41, 5.74) is 7.76.